The molecule has 0 aliphatic carbocycles. The van der Waals surface area contributed by atoms with E-state index >= 15 is 0 Å². The molecule has 0 amide bonds. The monoisotopic (exact) mass is 289 g/mol. The van der Waals surface area contributed by atoms with Crippen molar-refractivity contribution in [1.82, 2.24) is 14.8 Å². The zero-order valence-electron chi connectivity index (χ0n) is 11.3. The normalized spacial score (nSPS) is 12.8. The number of aryl methyl sites for hydroxylation is 1. The second-order valence-corrected chi connectivity index (χ2v) is 5.56. The van der Waals surface area contributed by atoms with Crippen LogP contribution in [0.4, 0.5) is 0 Å². The molecule has 104 valence electrons. The predicted molar refractivity (Wildman–Crippen MR) is 76.5 cm³/mol. The van der Waals surface area contributed by atoms with E-state index in [-0.39, 0.29) is 0 Å². The third kappa shape index (κ3) is 2.52. The number of hydrogen-bond acceptors (Lipinski definition) is 5. The van der Waals surface area contributed by atoms with E-state index in [4.69, 9.17) is 4.42 Å². The van der Waals surface area contributed by atoms with Crippen LogP contribution in [0.25, 0.3) is 10.8 Å². The molecule has 0 fully saturated rings. The molecule has 3 aromatic heterocycles. The molecule has 0 saturated carbocycles. The Labute approximate surface area is 120 Å². The van der Waals surface area contributed by atoms with Gasteiger partial charge in [-0.2, -0.15) is 5.10 Å². The summed E-state index contributed by atoms with van der Waals surface area (Å²) in [5.41, 5.74) is 1.51. The molecule has 0 bridgehead atoms. The minimum absolute atomic E-state index is 0.535. The van der Waals surface area contributed by atoms with Crippen molar-refractivity contribution in [3.63, 3.8) is 0 Å². The molecule has 3 rings (SSSR count). The highest BCUT2D eigenvalue weighted by Crippen LogP contribution is 2.26. The zero-order valence-corrected chi connectivity index (χ0v) is 12.1. The van der Waals surface area contributed by atoms with Gasteiger partial charge < -0.3 is 9.52 Å². The first-order valence-electron chi connectivity index (χ1n) is 6.35. The fourth-order valence-corrected chi connectivity index (χ4v) is 2.57. The van der Waals surface area contributed by atoms with Gasteiger partial charge in [-0.05, 0) is 31.4 Å². The van der Waals surface area contributed by atoms with Crippen LogP contribution in [0.3, 0.4) is 0 Å². The van der Waals surface area contributed by atoms with Gasteiger partial charge in [-0.15, -0.1) is 11.3 Å². The molecular formula is C14H15N3O2S. The summed E-state index contributed by atoms with van der Waals surface area (Å²) in [6.07, 6.45) is 1.28. The van der Waals surface area contributed by atoms with Crippen LogP contribution in [0.15, 0.2) is 34.2 Å². The minimum atomic E-state index is -0.559. The summed E-state index contributed by atoms with van der Waals surface area (Å²) in [5, 5.41) is 15.8. The van der Waals surface area contributed by atoms with Crippen LogP contribution in [0, 0.1) is 6.92 Å². The first-order chi connectivity index (χ1) is 9.63. The van der Waals surface area contributed by atoms with Gasteiger partial charge >= 0.3 is 0 Å². The van der Waals surface area contributed by atoms with E-state index in [9.17, 15) is 5.11 Å². The van der Waals surface area contributed by atoms with Gasteiger partial charge in [-0.25, -0.2) is 4.98 Å². The average Bonchev–Trinajstić information content (AvgIpc) is 3.11. The van der Waals surface area contributed by atoms with E-state index in [2.05, 4.69) is 10.1 Å². The Balaban J connectivity index is 1.83. The number of aromatic nitrogens is 3. The number of oxazole rings is 1. The smallest absolute Gasteiger partial charge is 0.236 e. The lowest BCUT2D eigenvalue weighted by atomic mass is 10.3. The number of rotatable bonds is 4. The Morgan fingerprint density at radius 2 is 2.30 bits per heavy atom. The molecule has 0 radical (unpaired) electrons. The molecule has 0 aliphatic heterocycles. The molecule has 3 aromatic rings. The Morgan fingerprint density at radius 3 is 2.95 bits per heavy atom. The second kappa shape index (κ2) is 5.22. The topological polar surface area (TPSA) is 64.1 Å². The van der Waals surface area contributed by atoms with Crippen LogP contribution in [-0.4, -0.2) is 19.9 Å². The number of aliphatic hydroxyl groups is 1. The van der Waals surface area contributed by atoms with Gasteiger partial charge in [-0.3, -0.25) is 4.68 Å². The van der Waals surface area contributed by atoms with Gasteiger partial charge in [-0.1, -0.05) is 6.07 Å². The van der Waals surface area contributed by atoms with Gasteiger partial charge in [0.15, 0.2) is 0 Å². The Bertz CT molecular complexity index is 698. The summed E-state index contributed by atoms with van der Waals surface area (Å²) in [6.45, 7) is 4.13. The minimum Gasteiger partial charge on any atom is -0.440 e. The first kappa shape index (κ1) is 13.1. The number of nitrogens with zero attached hydrogens (tertiary/aromatic N) is 3. The molecule has 0 spiro atoms. The predicted octanol–water partition coefficient (Wildman–Crippen LogP) is 3.01. The largest absolute Gasteiger partial charge is 0.440 e. The molecule has 0 saturated heterocycles. The molecular weight excluding hydrogens is 274 g/mol. The van der Waals surface area contributed by atoms with Gasteiger partial charge in [0.25, 0.3) is 0 Å². The summed E-state index contributed by atoms with van der Waals surface area (Å²) in [7, 11) is 0. The fraction of sp³-hybridized carbons (Fsp3) is 0.286. The van der Waals surface area contributed by atoms with Crippen LogP contribution in [0.2, 0.25) is 0 Å². The van der Waals surface area contributed by atoms with Gasteiger partial charge in [0.2, 0.25) is 5.89 Å². The highest BCUT2D eigenvalue weighted by Gasteiger charge is 2.13. The summed E-state index contributed by atoms with van der Waals surface area (Å²) in [5.74, 6) is 1.44. The highest BCUT2D eigenvalue weighted by molar-refractivity contribution is 7.13. The third-order valence-corrected chi connectivity index (χ3v) is 3.88. The van der Waals surface area contributed by atoms with Gasteiger partial charge in [0.05, 0.1) is 23.2 Å². The number of aliphatic hydroxyl groups excluding tert-OH is 1. The van der Waals surface area contributed by atoms with Crippen molar-refractivity contribution in [3.8, 4) is 10.8 Å². The van der Waals surface area contributed by atoms with E-state index in [1.165, 1.54) is 0 Å². The molecule has 0 aliphatic rings. The van der Waals surface area contributed by atoms with Crippen LogP contribution < -0.4 is 0 Å². The number of hydrogen-bond donors (Lipinski definition) is 1. The lowest BCUT2D eigenvalue weighted by Gasteiger charge is -2.00. The second-order valence-electron chi connectivity index (χ2n) is 4.61. The van der Waals surface area contributed by atoms with E-state index < -0.39 is 6.10 Å². The van der Waals surface area contributed by atoms with Gasteiger partial charge in [0, 0.05) is 6.20 Å². The number of thiophene rings is 1. The van der Waals surface area contributed by atoms with Crippen molar-refractivity contribution in [1.29, 1.82) is 0 Å². The van der Waals surface area contributed by atoms with Crippen molar-refractivity contribution < 1.29 is 9.52 Å². The van der Waals surface area contributed by atoms with Crippen molar-refractivity contribution in [2.45, 2.75) is 26.5 Å². The standard InChI is InChI=1S/C14H15N3O2S/c1-9(18)11-5-6-17(16-11)8-12-10(2)19-14(15-12)13-4-3-7-20-13/h3-7,9,18H,8H2,1-2H3/t9-/m0/s1. The maximum Gasteiger partial charge on any atom is 0.236 e. The zero-order chi connectivity index (χ0) is 14.1. The van der Waals surface area contributed by atoms with Crippen LogP contribution in [0.5, 0.6) is 0 Å². The van der Waals surface area contributed by atoms with Crippen molar-refractivity contribution in [2.75, 3.05) is 0 Å². The Morgan fingerprint density at radius 1 is 1.45 bits per heavy atom. The molecule has 1 N–H and O–H groups in total. The summed E-state index contributed by atoms with van der Waals surface area (Å²) < 4.78 is 7.45. The van der Waals surface area contributed by atoms with Crippen molar-refractivity contribution in [3.05, 3.63) is 46.9 Å². The molecule has 0 aromatic carbocycles. The average molecular weight is 289 g/mol. The summed E-state index contributed by atoms with van der Waals surface area (Å²) in [4.78, 5) is 5.54. The lowest BCUT2D eigenvalue weighted by molar-refractivity contribution is 0.193. The highest BCUT2D eigenvalue weighted by atomic mass is 32.1. The van der Waals surface area contributed by atoms with Crippen molar-refractivity contribution in [2.24, 2.45) is 0 Å². The van der Waals surface area contributed by atoms with E-state index in [0.29, 0.717) is 18.1 Å². The third-order valence-electron chi connectivity index (χ3n) is 3.03. The lowest BCUT2D eigenvalue weighted by Crippen LogP contribution is -2.03. The molecule has 3 heterocycles. The van der Waals surface area contributed by atoms with Crippen LogP contribution in [-0.2, 0) is 6.54 Å². The van der Waals surface area contributed by atoms with Crippen molar-refractivity contribution >= 4 is 11.3 Å². The van der Waals surface area contributed by atoms with Gasteiger partial charge in [0.1, 0.15) is 11.5 Å². The SMILES string of the molecule is Cc1oc(-c2cccs2)nc1Cn1ccc([C@H](C)O)n1. The maximum atomic E-state index is 9.48. The van der Waals surface area contributed by atoms with Crippen LogP contribution in [0.1, 0.15) is 30.2 Å². The molecule has 1 atom stereocenters. The van der Waals surface area contributed by atoms with E-state index in [1.807, 2.05) is 30.6 Å². The molecule has 5 nitrogen and oxygen atoms in total. The first-order valence-corrected chi connectivity index (χ1v) is 7.23. The van der Waals surface area contributed by atoms with E-state index in [1.54, 1.807) is 29.0 Å². The molecule has 6 heteroatoms. The van der Waals surface area contributed by atoms with E-state index in [0.717, 1.165) is 16.3 Å². The summed E-state index contributed by atoms with van der Waals surface area (Å²) >= 11 is 1.60. The fourth-order valence-electron chi connectivity index (χ4n) is 1.92. The maximum absolute atomic E-state index is 9.48. The van der Waals surface area contributed by atoms with Crippen LogP contribution >= 0.6 is 11.3 Å². The summed E-state index contributed by atoms with van der Waals surface area (Å²) in [6, 6.07) is 5.76. The quantitative estimate of drug-likeness (QED) is 0.802. The molecule has 0 unspecified atom stereocenters. The molecule has 20 heavy (non-hydrogen) atoms. The Kier molecular flexibility index (Phi) is 3.42. The Hall–Kier alpha value is -1.92.